The molecule has 154 valence electrons. The van der Waals surface area contributed by atoms with Gasteiger partial charge in [0.05, 0.1) is 7.11 Å². The van der Waals surface area contributed by atoms with Crippen molar-refractivity contribution in [1.29, 1.82) is 0 Å². The topological polar surface area (TPSA) is 85.1 Å². The van der Waals surface area contributed by atoms with Gasteiger partial charge in [-0.2, -0.15) is 0 Å². The van der Waals surface area contributed by atoms with E-state index >= 15 is 0 Å². The number of hydrogen-bond acceptors (Lipinski definition) is 5. The van der Waals surface area contributed by atoms with E-state index in [4.69, 9.17) is 10.5 Å². The Hall–Kier alpha value is -2.28. The Labute approximate surface area is 166 Å². The first kappa shape index (κ1) is 20.5. The predicted molar refractivity (Wildman–Crippen MR) is 106 cm³/mol. The van der Waals surface area contributed by atoms with Crippen molar-refractivity contribution < 1.29 is 19.1 Å². The third-order valence-corrected chi connectivity index (χ3v) is 5.95. The lowest BCUT2D eigenvalue weighted by atomic mass is 9.86. The fraction of sp³-hybridized carbons (Fsp3) is 0.619. The highest BCUT2D eigenvalue weighted by molar-refractivity contribution is 5.82. The van der Waals surface area contributed by atoms with Crippen LogP contribution in [0.4, 0.5) is 9.59 Å². The highest BCUT2D eigenvalue weighted by Crippen LogP contribution is 2.30. The van der Waals surface area contributed by atoms with Gasteiger partial charge < -0.3 is 20.1 Å². The average Bonchev–Trinajstić information content (AvgIpc) is 2.71. The van der Waals surface area contributed by atoms with Crippen molar-refractivity contribution >= 4 is 12.2 Å². The molecular formula is C21H31N3O4. The number of benzene rings is 1. The molecule has 2 N–H and O–H groups in total. The van der Waals surface area contributed by atoms with Crippen molar-refractivity contribution in [1.82, 2.24) is 9.80 Å². The quantitative estimate of drug-likeness (QED) is 0.783. The second-order valence-corrected chi connectivity index (χ2v) is 7.67. The monoisotopic (exact) mass is 389 g/mol. The second kappa shape index (κ2) is 9.28. The molecule has 7 nitrogen and oxygen atoms in total. The number of rotatable bonds is 5. The van der Waals surface area contributed by atoms with Crippen LogP contribution in [0.3, 0.4) is 0 Å². The molecule has 2 aliphatic rings. The van der Waals surface area contributed by atoms with Crippen molar-refractivity contribution in [3.8, 4) is 5.75 Å². The van der Waals surface area contributed by atoms with Gasteiger partial charge in [-0.1, -0.05) is 13.0 Å². The van der Waals surface area contributed by atoms with Gasteiger partial charge in [0.25, 0.3) is 0 Å². The van der Waals surface area contributed by atoms with Crippen LogP contribution in [0.25, 0.3) is 0 Å². The number of nitrogens with two attached hydrogens (primary N) is 1. The van der Waals surface area contributed by atoms with Crippen LogP contribution in [-0.2, 0) is 17.6 Å². The molecule has 1 heterocycles. The summed E-state index contributed by atoms with van der Waals surface area (Å²) in [6.07, 6.45) is 4.48. The van der Waals surface area contributed by atoms with E-state index in [2.05, 4.69) is 28.7 Å². The van der Waals surface area contributed by atoms with Crippen molar-refractivity contribution in [2.75, 3.05) is 26.7 Å². The first-order chi connectivity index (χ1) is 13.5. The smallest absolute Gasteiger partial charge is 0.418 e. The van der Waals surface area contributed by atoms with Gasteiger partial charge in [0.15, 0.2) is 0 Å². The number of nitrogens with zero attached hydrogens (tertiary/aromatic N) is 2. The van der Waals surface area contributed by atoms with Gasteiger partial charge >= 0.3 is 12.2 Å². The maximum atomic E-state index is 11.9. The van der Waals surface area contributed by atoms with Crippen LogP contribution < -0.4 is 10.5 Å². The number of primary amides is 1. The molecule has 7 heteroatoms. The van der Waals surface area contributed by atoms with Gasteiger partial charge in [0.2, 0.25) is 0 Å². The van der Waals surface area contributed by atoms with Gasteiger partial charge in [0.1, 0.15) is 5.75 Å². The summed E-state index contributed by atoms with van der Waals surface area (Å²) in [4.78, 5) is 26.9. The summed E-state index contributed by atoms with van der Waals surface area (Å²) < 4.78 is 9.92. The summed E-state index contributed by atoms with van der Waals surface area (Å²) in [5.41, 5.74) is 7.76. The Morgan fingerprint density at radius 2 is 1.93 bits per heavy atom. The van der Waals surface area contributed by atoms with E-state index in [1.165, 1.54) is 11.1 Å². The molecule has 0 bridgehead atoms. The summed E-state index contributed by atoms with van der Waals surface area (Å²) in [6.45, 7) is 4.45. The molecule has 1 saturated heterocycles. The van der Waals surface area contributed by atoms with Gasteiger partial charge in [-0.05, 0) is 68.3 Å². The molecule has 1 unspecified atom stereocenters. The van der Waals surface area contributed by atoms with Crippen LogP contribution in [0.2, 0.25) is 0 Å². The summed E-state index contributed by atoms with van der Waals surface area (Å²) in [5, 5.41) is 0. The molecule has 0 radical (unpaired) electrons. The Morgan fingerprint density at radius 3 is 2.57 bits per heavy atom. The number of hydrogen-bond donors (Lipinski definition) is 1. The third kappa shape index (κ3) is 4.76. The number of likely N-dealkylation sites (tertiary alicyclic amines) is 1. The molecule has 28 heavy (non-hydrogen) atoms. The molecule has 1 aromatic carbocycles. The summed E-state index contributed by atoms with van der Waals surface area (Å²) in [5.74, 6) is 0.919. The molecule has 1 atom stereocenters. The molecule has 3 rings (SSSR count). The molecular weight excluding hydrogens is 358 g/mol. The zero-order valence-electron chi connectivity index (χ0n) is 16.9. The van der Waals surface area contributed by atoms with Crippen molar-refractivity contribution in [2.45, 2.75) is 57.5 Å². The van der Waals surface area contributed by atoms with E-state index in [1.807, 2.05) is 6.07 Å². The first-order valence-electron chi connectivity index (χ1n) is 10.2. The number of piperidine rings is 1. The van der Waals surface area contributed by atoms with Gasteiger partial charge in [-0.15, -0.1) is 0 Å². The van der Waals surface area contributed by atoms with Crippen molar-refractivity contribution in [3.63, 3.8) is 0 Å². The van der Waals surface area contributed by atoms with Crippen molar-refractivity contribution in [2.24, 2.45) is 5.73 Å². The van der Waals surface area contributed by atoms with Crippen LogP contribution >= 0.6 is 0 Å². The predicted octanol–water partition coefficient (Wildman–Crippen LogP) is 2.94. The summed E-state index contributed by atoms with van der Waals surface area (Å²) >= 11 is 0. The lowest BCUT2D eigenvalue weighted by Crippen LogP contribution is -2.52. The molecule has 1 aliphatic heterocycles. The van der Waals surface area contributed by atoms with E-state index in [-0.39, 0.29) is 0 Å². The number of methoxy groups -OCH3 is 1. The SMILES string of the molecule is CCCN(C1CCN(C(=O)OC(N)=O)CC1)C1CCc2ccc(OC)cc2C1. The minimum Gasteiger partial charge on any atom is -0.497 e. The molecule has 0 saturated carbocycles. The highest BCUT2D eigenvalue weighted by Gasteiger charge is 2.33. The second-order valence-electron chi connectivity index (χ2n) is 7.67. The molecule has 1 aliphatic carbocycles. The Balaban J connectivity index is 1.64. The lowest BCUT2D eigenvalue weighted by molar-refractivity contribution is 0.0617. The number of amides is 2. The standard InChI is InChI=1S/C21H31N3O4/c1-3-10-24(17-8-11-23(12-9-17)21(26)28-20(22)25)18-6-4-15-5-7-19(27-2)14-16(15)13-18/h5,7,14,17-18H,3-4,6,8-13H2,1-2H3,(H2,22,25). The number of ether oxygens (including phenoxy) is 2. The van der Waals surface area contributed by atoms with Crippen LogP contribution in [0.1, 0.15) is 43.7 Å². The Morgan fingerprint density at radius 1 is 1.18 bits per heavy atom. The molecule has 0 aromatic heterocycles. The number of carbonyl (C=O) groups excluding carboxylic acids is 2. The highest BCUT2D eigenvalue weighted by atomic mass is 16.6. The number of carbonyl (C=O) groups is 2. The fourth-order valence-electron chi connectivity index (χ4n) is 4.58. The number of fused-ring (bicyclic) bond motifs is 1. The maximum absolute atomic E-state index is 11.9. The van der Waals surface area contributed by atoms with Crippen LogP contribution in [-0.4, -0.2) is 60.8 Å². The Kier molecular flexibility index (Phi) is 6.78. The van der Waals surface area contributed by atoms with E-state index in [9.17, 15) is 9.59 Å². The summed E-state index contributed by atoms with van der Waals surface area (Å²) in [7, 11) is 1.71. The minimum absolute atomic E-state index is 0.440. The Bertz CT molecular complexity index is 701. The van der Waals surface area contributed by atoms with Crippen LogP contribution in [0.5, 0.6) is 5.75 Å². The number of aryl methyl sites for hydroxylation is 1. The zero-order chi connectivity index (χ0) is 20.1. The van der Waals surface area contributed by atoms with Crippen LogP contribution in [0.15, 0.2) is 18.2 Å². The zero-order valence-corrected chi connectivity index (χ0v) is 16.9. The van der Waals surface area contributed by atoms with E-state index < -0.39 is 12.2 Å². The van der Waals surface area contributed by atoms with Gasteiger partial charge in [0, 0.05) is 25.2 Å². The molecule has 2 amide bonds. The maximum Gasteiger partial charge on any atom is 0.418 e. The lowest BCUT2D eigenvalue weighted by Gasteiger charge is -2.43. The largest absolute Gasteiger partial charge is 0.497 e. The van der Waals surface area contributed by atoms with Gasteiger partial charge in [-0.25, -0.2) is 9.59 Å². The minimum atomic E-state index is -1.05. The summed E-state index contributed by atoms with van der Waals surface area (Å²) in [6, 6.07) is 7.36. The van der Waals surface area contributed by atoms with Crippen molar-refractivity contribution in [3.05, 3.63) is 29.3 Å². The molecule has 1 fully saturated rings. The fourth-order valence-corrected chi connectivity index (χ4v) is 4.58. The van der Waals surface area contributed by atoms with E-state index in [0.717, 1.165) is 50.8 Å². The van der Waals surface area contributed by atoms with Gasteiger partial charge in [-0.3, -0.25) is 4.90 Å². The van der Waals surface area contributed by atoms with E-state index in [0.29, 0.717) is 25.2 Å². The first-order valence-corrected chi connectivity index (χ1v) is 10.2. The normalized spacial score (nSPS) is 20.0. The average molecular weight is 389 g/mol. The third-order valence-electron chi connectivity index (χ3n) is 5.95. The molecule has 1 aromatic rings. The molecule has 0 spiro atoms. The van der Waals surface area contributed by atoms with E-state index in [1.54, 1.807) is 12.0 Å². The van der Waals surface area contributed by atoms with Crippen LogP contribution in [0, 0.1) is 0 Å².